The summed E-state index contributed by atoms with van der Waals surface area (Å²) in [7, 11) is 0. The van der Waals surface area contributed by atoms with Crippen LogP contribution in [0.4, 0.5) is 13.2 Å². The van der Waals surface area contributed by atoms with Gasteiger partial charge < -0.3 is 19.9 Å². The lowest BCUT2D eigenvalue weighted by Crippen LogP contribution is -2.40. The van der Waals surface area contributed by atoms with Crippen LogP contribution in [0.2, 0.25) is 0 Å². The maximum absolute atomic E-state index is 12.8. The van der Waals surface area contributed by atoms with Gasteiger partial charge in [-0.05, 0) is 54.7 Å². The number of pyridine rings is 1. The van der Waals surface area contributed by atoms with Crippen molar-refractivity contribution in [1.82, 2.24) is 25.2 Å². The molecular weight excluding hydrogens is 423 g/mol. The van der Waals surface area contributed by atoms with Crippen LogP contribution >= 0.6 is 0 Å². The van der Waals surface area contributed by atoms with Crippen molar-refractivity contribution in [2.75, 3.05) is 26.2 Å². The van der Waals surface area contributed by atoms with Gasteiger partial charge in [0.15, 0.2) is 5.65 Å². The molecule has 2 aliphatic rings. The Morgan fingerprint density at radius 1 is 1.06 bits per heavy atom. The Morgan fingerprint density at radius 3 is 2.41 bits per heavy atom. The summed E-state index contributed by atoms with van der Waals surface area (Å²) in [6.45, 7) is 2.97. The van der Waals surface area contributed by atoms with Crippen molar-refractivity contribution in [2.45, 2.75) is 31.0 Å². The number of amides is 1. The molecule has 2 aromatic heterocycles. The number of imidazole rings is 1. The van der Waals surface area contributed by atoms with E-state index in [0.717, 1.165) is 55.1 Å². The van der Waals surface area contributed by atoms with Crippen LogP contribution in [-0.4, -0.2) is 58.3 Å². The first-order valence-corrected chi connectivity index (χ1v) is 10.6. The quantitative estimate of drug-likeness (QED) is 0.642. The van der Waals surface area contributed by atoms with Crippen molar-refractivity contribution in [2.24, 2.45) is 0 Å². The highest BCUT2D eigenvalue weighted by Crippen LogP contribution is 2.33. The number of rotatable bonds is 4. The van der Waals surface area contributed by atoms with Crippen LogP contribution in [0, 0.1) is 0 Å². The molecule has 0 spiro atoms. The number of hydrogen-bond acceptors (Lipinski definition) is 5. The number of carbonyl (C=O) groups excluding carboxylic acids is 1. The van der Waals surface area contributed by atoms with E-state index in [-0.39, 0.29) is 17.6 Å². The third-order valence-electron chi connectivity index (χ3n) is 6.17. The molecule has 3 aromatic rings. The summed E-state index contributed by atoms with van der Waals surface area (Å²) in [6.07, 6.45) is -1.39. The van der Waals surface area contributed by atoms with Gasteiger partial charge in [-0.1, -0.05) is 0 Å². The zero-order valence-corrected chi connectivity index (χ0v) is 17.2. The molecule has 0 bridgehead atoms. The number of aromatic amines is 1. The van der Waals surface area contributed by atoms with Crippen molar-refractivity contribution < 1.29 is 22.7 Å². The molecule has 2 saturated heterocycles. The van der Waals surface area contributed by atoms with Crippen LogP contribution in [0.25, 0.3) is 11.2 Å². The number of H-pyrrole nitrogens is 1. The van der Waals surface area contributed by atoms with E-state index in [0.29, 0.717) is 24.6 Å². The number of piperidine rings is 1. The Hall–Kier alpha value is -3.14. The molecule has 0 aliphatic carbocycles. The number of nitrogens with one attached hydrogen (secondary N) is 2. The molecule has 0 radical (unpaired) electrons. The SMILES string of the molecule is O=C(c1ccc(OC(F)(F)F)cc1)N1CCC(c2ccnc3nc(C4CNC4)[nH]c23)CC1. The number of aromatic nitrogens is 3. The standard InChI is InChI=1S/C22H22F3N5O2/c23-22(24,25)32-16-3-1-14(2-4-16)21(31)30-9-6-13(7-10-30)17-5-8-27-20-18(17)28-19(29-20)15-11-26-12-15/h1-5,8,13,15,26H,6-7,9-12H2,(H,27,28,29). The second-order valence-corrected chi connectivity index (χ2v) is 8.21. The normalized spacial score (nSPS) is 18.0. The lowest BCUT2D eigenvalue weighted by Gasteiger charge is -2.32. The van der Waals surface area contributed by atoms with E-state index >= 15 is 0 Å². The van der Waals surface area contributed by atoms with Gasteiger partial charge in [0.2, 0.25) is 0 Å². The zero-order valence-electron chi connectivity index (χ0n) is 17.2. The fourth-order valence-electron chi connectivity index (χ4n) is 4.34. The monoisotopic (exact) mass is 445 g/mol. The van der Waals surface area contributed by atoms with Crippen LogP contribution in [0.15, 0.2) is 36.5 Å². The van der Waals surface area contributed by atoms with Crippen molar-refractivity contribution in [3.8, 4) is 5.75 Å². The summed E-state index contributed by atoms with van der Waals surface area (Å²) < 4.78 is 40.8. The third-order valence-corrected chi connectivity index (χ3v) is 6.17. The second-order valence-electron chi connectivity index (χ2n) is 8.21. The van der Waals surface area contributed by atoms with Crippen LogP contribution in [0.3, 0.4) is 0 Å². The minimum absolute atomic E-state index is 0.191. The molecule has 2 aliphatic heterocycles. The van der Waals surface area contributed by atoms with Gasteiger partial charge in [-0.3, -0.25) is 4.79 Å². The average Bonchev–Trinajstić information content (AvgIpc) is 3.15. The number of hydrogen-bond donors (Lipinski definition) is 2. The van der Waals surface area contributed by atoms with E-state index < -0.39 is 6.36 Å². The molecule has 0 saturated carbocycles. The lowest BCUT2D eigenvalue weighted by molar-refractivity contribution is -0.274. The summed E-state index contributed by atoms with van der Waals surface area (Å²) in [5.74, 6) is 1.10. The van der Waals surface area contributed by atoms with Crippen LogP contribution in [-0.2, 0) is 0 Å². The summed E-state index contributed by atoms with van der Waals surface area (Å²) >= 11 is 0. The fraction of sp³-hybridized carbons (Fsp3) is 0.409. The Balaban J connectivity index is 1.25. The Morgan fingerprint density at radius 2 is 1.78 bits per heavy atom. The third kappa shape index (κ3) is 4.14. The molecule has 5 rings (SSSR count). The Bertz CT molecular complexity index is 1120. The largest absolute Gasteiger partial charge is 0.573 e. The number of fused-ring (bicyclic) bond motifs is 1. The number of halogens is 3. The van der Waals surface area contributed by atoms with E-state index in [1.165, 1.54) is 17.7 Å². The minimum atomic E-state index is -4.75. The lowest BCUT2D eigenvalue weighted by atomic mass is 9.89. The van der Waals surface area contributed by atoms with Gasteiger partial charge in [0.25, 0.3) is 5.91 Å². The maximum atomic E-state index is 12.8. The van der Waals surface area contributed by atoms with Gasteiger partial charge in [-0.15, -0.1) is 13.2 Å². The maximum Gasteiger partial charge on any atom is 0.573 e. The fourth-order valence-corrected chi connectivity index (χ4v) is 4.34. The highest BCUT2D eigenvalue weighted by molar-refractivity contribution is 5.94. The number of benzene rings is 1. The van der Waals surface area contributed by atoms with Crippen molar-refractivity contribution in [3.05, 3.63) is 53.5 Å². The summed E-state index contributed by atoms with van der Waals surface area (Å²) in [5.41, 5.74) is 3.21. The molecule has 2 N–H and O–H groups in total. The molecule has 0 atom stereocenters. The molecule has 7 nitrogen and oxygen atoms in total. The van der Waals surface area contributed by atoms with E-state index in [4.69, 9.17) is 0 Å². The van der Waals surface area contributed by atoms with Gasteiger partial charge in [0, 0.05) is 43.9 Å². The molecular formula is C22H22F3N5O2. The summed E-state index contributed by atoms with van der Waals surface area (Å²) in [4.78, 5) is 27.1. The first-order chi connectivity index (χ1) is 15.4. The van der Waals surface area contributed by atoms with Crippen LogP contribution in [0.1, 0.15) is 46.4 Å². The number of carbonyl (C=O) groups is 1. The Labute approximate surface area is 182 Å². The number of alkyl halides is 3. The molecule has 1 amide bonds. The first kappa shape index (κ1) is 20.7. The first-order valence-electron chi connectivity index (χ1n) is 10.6. The van der Waals surface area contributed by atoms with Crippen molar-refractivity contribution >= 4 is 17.1 Å². The number of likely N-dealkylation sites (tertiary alicyclic amines) is 1. The molecule has 4 heterocycles. The van der Waals surface area contributed by atoms with E-state index in [1.807, 2.05) is 6.07 Å². The van der Waals surface area contributed by atoms with Gasteiger partial charge in [-0.2, -0.15) is 0 Å². The topological polar surface area (TPSA) is 83.1 Å². The molecule has 10 heteroatoms. The van der Waals surface area contributed by atoms with Gasteiger partial charge in [0.05, 0.1) is 5.52 Å². The highest BCUT2D eigenvalue weighted by atomic mass is 19.4. The molecule has 32 heavy (non-hydrogen) atoms. The minimum Gasteiger partial charge on any atom is -0.406 e. The van der Waals surface area contributed by atoms with E-state index in [1.54, 1.807) is 11.1 Å². The number of nitrogens with zero attached hydrogens (tertiary/aromatic N) is 3. The van der Waals surface area contributed by atoms with E-state index in [9.17, 15) is 18.0 Å². The average molecular weight is 445 g/mol. The van der Waals surface area contributed by atoms with E-state index in [2.05, 4.69) is 25.0 Å². The second kappa shape index (κ2) is 8.09. The van der Waals surface area contributed by atoms with Crippen LogP contribution in [0.5, 0.6) is 5.75 Å². The zero-order chi connectivity index (χ0) is 22.3. The predicted molar refractivity (Wildman–Crippen MR) is 111 cm³/mol. The predicted octanol–water partition coefficient (Wildman–Crippen LogP) is 3.56. The van der Waals surface area contributed by atoms with Crippen molar-refractivity contribution in [3.63, 3.8) is 0 Å². The van der Waals surface area contributed by atoms with Gasteiger partial charge in [-0.25, -0.2) is 9.97 Å². The van der Waals surface area contributed by atoms with Gasteiger partial charge >= 0.3 is 6.36 Å². The summed E-state index contributed by atoms with van der Waals surface area (Å²) in [6, 6.07) is 7.07. The molecule has 0 unspecified atom stereocenters. The van der Waals surface area contributed by atoms with Crippen LogP contribution < -0.4 is 10.1 Å². The number of ether oxygens (including phenoxy) is 1. The Kier molecular flexibility index (Phi) is 5.24. The molecule has 2 fully saturated rings. The van der Waals surface area contributed by atoms with Gasteiger partial charge in [0.1, 0.15) is 11.6 Å². The highest BCUT2D eigenvalue weighted by Gasteiger charge is 2.31. The molecule has 168 valence electrons. The molecule has 1 aromatic carbocycles. The smallest absolute Gasteiger partial charge is 0.406 e. The summed E-state index contributed by atoms with van der Waals surface area (Å²) in [5, 5.41) is 3.25. The van der Waals surface area contributed by atoms with Crippen molar-refractivity contribution in [1.29, 1.82) is 0 Å².